The summed E-state index contributed by atoms with van der Waals surface area (Å²) in [5, 5.41) is 12.5. The average molecular weight is 373 g/mol. The molecule has 3 rings (SSSR count). The summed E-state index contributed by atoms with van der Waals surface area (Å²) in [5.74, 6) is -0.110. The van der Waals surface area contributed by atoms with E-state index < -0.39 is 6.04 Å². The Balaban J connectivity index is 1.63. The van der Waals surface area contributed by atoms with Crippen LogP contribution in [0.2, 0.25) is 0 Å². The molecule has 1 saturated heterocycles. The average Bonchev–Trinajstić information content (AvgIpc) is 2.62. The van der Waals surface area contributed by atoms with E-state index in [0.717, 1.165) is 31.4 Å². The standard InChI is InChI=1S/C21H31N3O3/c1-16-4-6-17(7-5-16)13-24-11-10-22-20(27)18(24)12-19(26)23(2)14-21(15-25)8-3-9-21/h4-7,18,25H,3,8-15H2,1-2H3,(H,22,27). The van der Waals surface area contributed by atoms with Crippen LogP contribution in [0.1, 0.15) is 36.8 Å². The fourth-order valence-electron chi connectivity index (χ4n) is 4.06. The Morgan fingerprint density at radius 2 is 2.04 bits per heavy atom. The number of nitrogens with one attached hydrogen (secondary N) is 1. The van der Waals surface area contributed by atoms with Gasteiger partial charge >= 0.3 is 0 Å². The number of aliphatic hydroxyl groups excluding tert-OH is 1. The number of benzene rings is 1. The number of aryl methyl sites for hydroxylation is 1. The van der Waals surface area contributed by atoms with Crippen LogP contribution < -0.4 is 5.32 Å². The fraction of sp³-hybridized carbons (Fsp3) is 0.619. The topological polar surface area (TPSA) is 72.9 Å². The number of amides is 2. The lowest BCUT2D eigenvalue weighted by atomic mass is 9.69. The van der Waals surface area contributed by atoms with Gasteiger partial charge in [0.15, 0.2) is 0 Å². The van der Waals surface area contributed by atoms with Crippen molar-refractivity contribution in [3.05, 3.63) is 35.4 Å². The van der Waals surface area contributed by atoms with Crippen LogP contribution in [0, 0.1) is 12.3 Å². The second-order valence-electron chi connectivity index (χ2n) is 8.23. The van der Waals surface area contributed by atoms with Crippen LogP contribution in [0.15, 0.2) is 24.3 Å². The smallest absolute Gasteiger partial charge is 0.237 e. The van der Waals surface area contributed by atoms with Crippen molar-refractivity contribution in [2.75, 3.05) is 33.3 Å². The SMILES string of the molecule is Cc1ccc(CN2CCNC(=O)C2CC(=O)N(C)CC2(CO)CCC2)cc1. The third-order valence-corrected chi connectivity index (χ3v) is 6.06. The highest BCUT2D eigenvalue weighted by atomic mass is 16.3. The highest BCUT2D eigenvalue weighted by molar-refractivity contribution is 5.88. The van der Waals surface area contributed by atoms with Gasteiger partial charge in [-0.3, -0.25) is 14.5 Å². The van der Waals surface area contributed by atoms with Crippen molar-refractivity contribution in [3.8, 4) is 0 Å². The Hall–Kier alpha value is -1.92. The first-order chi connectivity index (χ1) is 12.9. The Bertz CT molecular complexity index is 664. The Morgan fingerprint density at radius 3 is 2.63 bits per heavy atom. The number of rotatable bonds is 7. The fourth-order valence-corrected chi connectivity index (χ4v) is 4.06. The van der Waals surface area contributed by atoms with Crippen LogP contribution in [-0.2, 0) is 16.1 Å². The lowest BCUT2D eigenvalue weighted by Gasteiger charge is -2.43. The zero-order chi connectivity index (χ0) is 19.4. The highest BCUT2D eigenvalue weighted by Crippen LogP contribution is 2.40. The van der Waals surface area contributed by atoms with E-state index in [1.165, 1.54) is 5.56 Å². The number of hydrogen-bond donors (Lipinski definition) is 2. The summed E-state index contributed by atoms with van der Waals surface area (Å²) < 4.78 is 0. The number of carbonyl (C=O) groups excluding carboxylic acids is 2. The van der Waals surface area contributed by atoms with Gasteiger partial charge in [-0.2, -0.15) is 0 Å². The van der Waals surface area contributed by atoms with Gasteiger partial charge in [-0.1, -0.05) is 36.2 Å². The van der Waals surface area contributed by atoms with E-state index in [-0.39, 0.29) is 30.3 Å². The third-order valence-electron chi connectivity index (χ3n) is 6.06. The van der Waals surface area contributed by atoms with E-state index in [9.17, 15) is 14.7 Å². The van der Waals surface area contributed by atoms with E-state index in [2.05, 4.69) is 41.4 Å². The largest absolute Gasteiger partial charge is 0.396 e. The second kappa shape index (κ2) is 8.40. The normalized spacial score (nSPS) is 22.0. The second-order valence-corrected chi connectivity index (χ2v) is 8.23. The van der Waals surface area contributed by atoms with Gasteiger partial charge in [-0.15, -0.1) is 0 Å². The summed E-state index contributed by atoms with van der Waals surface area (Å²) in [6, 6.07) is 7.85. The van der Waals surface area contributed by atoms with Crippen LogP contribution in [0.25, 0.3) is 0 Å². The van der Waals surface area contributed by atoms with E-state index in [1.807, 2.05) is 0 Å². The molecule has 6 heteroatoms. The molecule has 2 amide bonds. The van der Waals surface area contributed by atoms with E-state index in [0.29, 0.717) is 19.6 Å². The van der Waals surface area contributed by atoms with E-state index >= 15 is 0 Å². The van der Waals surface area contributed by atoms with Gasteiger partial charge < -0.3 is 15.3 Å². The summed E-state index contributed by atoms with van der Waals surface area (Å²) in [5.41, 5.74) is 2.22. The van der Waals surface area contributed by atoms with Gasteiger partial charge in [0.1, 0.15) is 0 Å². The molecule has 0 aromatic heterocycles. The van der Waals surface area contributed by atoms with Crippen molar-refractivity contribution >= 4 is 11.8 Å². The first-order valence-electron chi connectivity index (χ1n) is 9.85. The minimum absolute atomic E-state index is 0.0364. The molecule has 1 unspecified atom stereocenters. The Labute approximate surface area is 161 Å². The van der Waals surface area contributed by atoms with Crippen molar-refractivity contribution in [2.45, 2.75) is 45.2 Å². The Morgan fingerprint density at radius 1 is 1.33 bits per heavy atom. The molecule has 2 fully saturated rings. The summed E-state index contributed by atoms with van der Waals surface area (Å²) >= 11 is 0. The molecule has 0 spiro atoms. The summed E-state index contributed by atoms with van der Waals surface area (Å²) in [6.07, 6.45) is 3.21. The maximum absolute atomic E-state index is 12.8. The molecule has 1 aromatic rings. The van der Waals surface area contributed by atoms with Crippen LogP contribution >= 0.6 is 0 Å². The quantitative estimate of drug-likeness (QED) is 0.756. The van der Waals surface area contributed by atoms with Gasteiger partial charge in [0.05, 0.1) is 19.1 Å². The van der Waals surface area contributed by atoms with Crippen molar-refractivity contribution in [1.29, 1.82) is 0 Å². The Kier molecular flexibility index (Phi) is 6.17. The molecule has 0 radical (unpaired) electrons. The van der Waals surface area contributed by atoms with Gasteiger partial charge in [0, 0.05) is 38.6 Å². The molecule has 2 aliphatic rings. The van der Waals surface area contributed by atoms with Crippen LogP contribution in [0.5, 0.6) is 0 Å². The molecular weight excluding hydrogens is 342 g/mol. The molecule has 0 bridgehead atoms. The number of hydrogen-bond acceptors (Lipinski definition) is 4. The summed E-state index contributed by atoms with van der Waals surface area (Å²) in [6.45, 7) is 4.75. The monoisotopic (exact) mass is 373 g/mol. The van der Waals surface area contributed by atoms with Crippen LogP contribution in [-0.4, -0.2) is 66.1 Å². The molecule has 27 heavy (non-hydrogen) atoms. The third kappa shape index (κ3) is 4.68. The zero-order valence-corrected chi connectivity index (χ0v) is 16.4. The molecule has 148 valence electrons. The first kappa shape index (κ1) is 19.8. The molecule has 6 nitrogen and oxygen atoms in total. The van der Waals surface area contributed by atoms with Crippen molar-refractivity contribution in [3.63, 3.8) is 0 Å². The van der Waals surface area contributed by atoms with E-state index in [1.54, 1.807) is 11.9 Å². The number of carbonyl (C=O) groups is 2. The molecule has 1 aromatic carbocycles. The summed E-state index contributed by atoms with van der Waals surface area (Å²) in [4.78, 5) is 29.0. The first-order valence-corrected chi connectivity index (χ1v) is 9.85. The van der Waals surface area contributed by atoms with E-state index in [4.69, 9.17) is 0 Å². The predicted octanol–water partition coefficient (Wildman–Crippen LogP) is 1.31. The van der Waals surface area contributed by atoms with Gasteiger partial charge in [-0.05, 0) is 25.3 Å². The lowest BCUT2D eigenvalue weighted by Crippen LogP contribution is -2.56. The lowest BCUT2D eigenvalue weighted by molar-refractivity contribution is -0.140. The zero-order valence-electron chi connectivity index (χ0n) is 16.4. The molecule has 1 saturated carbocycles. The predicted molar refractivity (Wildman–Crippen MR) is 104 cm³/mol. The van der Waals surface area contributed by atoms with Gasteiger partial charge in [0.2, 0.25) is 11.8 Å². The van der Waals surface area contributed by atoms with Crippen molar-refractivity contribution in [1.82, 2.24) is 15.1 Å². The van der Waals surface area contributed by atoms with Gasteiger partial charge in [-0.25, -0.2) is 0 Å². The molecule has 1 aliphatic heterocycles. The van der Waals surface area contributed by atoms with Crippen molar-refractivity contribution in [2.24, 2.45) is 5.41 Å². The number of aliphatic hydroxyl groups is 1. The molecular formula is C21H31N3O3. The summed E-state index contributed by atoms with van der Waals surface area (Å²) in [7, 11) is 1.78. The van der Waals surface area contributed by atoms with Gasteiger partial charge in [0.25, 0.3) is 0 Å². The molecule has 1 atom stereocenters. The van der Waals surface area contributed by atoms with Crippen LogP contribution in [0.4, 0.5) is 0 Å². The van der Waals surface area contributed by atoms with Crippen molar-refractivity contribution < 1.29 is 14.7 Å². The maximum atomic E-state index is 12.8. The minimum Gasteiger partial charge on any atom is -0.396 e. The number of nitrogens with zero attached hydrogens (tertiary/aromatic N) is 2. The van der Waals surface area contributed by atoms with Crippen LogP contribution in [0.3, 0.4) is 0 Å². The molecule has 1 aliphatic carbocycles. The highest BCUT2D eigenvalue weighted by Gasteiger charge is 2.39. The number of piperazine rings is 1. The molecule has 2 N–H and O–H groups in total. The molecule has 1 heterocycles. The maximum Gasteiger partial charge on any atom is 0.237 e. The minimum atomic E-state index is -0.443.